The predicted octanol–water partition coefficient (Wildman–Crippen LogP) is 3.56. The molecule has 3 amide bonds. The number of hydrogen-bond donors (Lipinski definition) is 1. The molecule has 1 aliphatic heterocycles. The topological polar surface area (TPSA) is 112 Å². The minimum absolute atomic E-state index is 0.106. The van der Waals surface area contributed by atoms with Crippen LogP contribution in [0.25, 0.3) is 0 Å². The zero-order chi connectivity index (χ0) is 22.7. The minimum Gasteiger partial charge on any atom is -0.467 e. The number of carbonyl (C=O) groups is 2. The smallest absolute Gasteiger partial charge is 0.330 e. The lowest BCUT2D eigenvalue weighted by Crippen LogP contribution is -2.46. The summed E-state index contributed by atoms with van der Waals surface area (Å²) in [5, 5.41) is 2.72. The number of aliphatic imine (C=N–C) groups is 2. The number of rotatable bonds is 5. The van der Waals surface area contributed by atoms with Crippen LogP contribution in [0.1, 0.15) is 25.3 Å². The van der Waals surface area contributed by atoms with Crippen molar-refractivity contribution in [3.05, 3.63) is 48.7 Å². The summed E-state index contributed by atoms with van der Waals surface area (Å²) in [5.41, 5.74) is 1.90. The molecule has 0 saturated heterocycles. The summed E-state index contributed by atoms with van der Waals surface area (Å²) in [6, 6.07) is 7.13. The molecule has 0 unspecified atom stereocenters. The molecule has 0 radical (unpaired) electrons. The van der Waals surface area contributed by atoms with Crippen LogP contribution in [0.4, 0.5) is 27.9 Å². The Kier molecular flexibility index (Phi) is 5.93. The fraction of sp³-hybridized carbons (Fsp3) is 0.273. The zero-order valence-corrected chi connectivity index (χ0v) is 17.9. The van der Waals surface area contributed by atoms with E-state index in [4.69, 9.17) is 4.74 Å². The van der Waals surface area contributed by atoms with E-state index in [1.165, 1.54) is 18.1 Å². The monoisotopic (exact) mass is 433 g/mol. The first-order chi connectivity index (χ1) is 15.5. The number of urea groups is 1. The minimum atomic E-state index is -0.338. The molecule has 1 fully saturated rings. The highest BCUT2D eigenvalue weighted by atomic mass is 16.5. The number of carbonyl (C=O) groups excluding carboxylic acids is 2. The molecule has 10 heteroatoms. The van der Waals surface area contributed by atoms with Gasteiger partial charge >= 0.3 is 12.1 Å². The molecule has 32 heavy (non-hydrogen) atoms. The number of amides is 3. The maximum absolute atomic E-state index is 13.5. The third-order valence-electron chi connectivity index (χ3n) is 4.98. The van der Waals surface area contributed by atoms with E-state index in [1.54, 1.807) is 43.6 Å². The Balaban J connectivity index is 1.78. The number of anilines is 3. The van der Waals surface area contributed by atoms with Gasteiger partial charge in [0.25, 0.3) is 5.95 Å². The quantitative estimate of drug-likeness (QED) is 0.440. The molecule has 1 aromatic carbocycles. The van der Waals surface area contributed by atoms with Gasteiger partial charge in [-0.1, -0.05) is 12.6 Å². The van der Waals surface area contributed by atoms with Crippen molar-refractivity contribution >= 4 is 47.3 Å². The van der Waals surface area contributed by atoms with Gasteiger partial charge in [-0.25, -0.2) is 19.7 Å². The van der Waals surface area contributed by atoms with Crippen LogP contribution in [-0.2, 0) is 16.1 Å². The third-order valence-corrected chi connectivity index (χ3v) is 4.98. The van der Waals surface area contributed by atoms with Crippen LogP contribution >= 0.6 is 0 Å². The average Bonchev–Trinajstić information content (AvgIpc) is 3.63. The van der Waals surface area contributed by atoms with Crippen LogP contribution in [0.5, 0.6) is 0 Å². The van der Waals surface area contributed by atoms with E-state index in [-0.39, 0.29) is 30.0 Å². The molecule has 1 aliphatic carbocycles. The van der Waals surface area contributed by atoms with Gasteiger partial charge in [-0.2, -0.15) is 9.98 Å². The summed E-state index contributed by atoms with van der Waals surface area (Å²) in [7, 11) is 1.45. The van der Waals surface area contributed by atoms with E-state index >= 15 is 0 Å². The van der Waals surface area contributed by atoms with E-state index in [1.807, 2.05) is 4.90 Å². The Morgan fingerprint density at radius 3 is 2.88 bits per heavy atom. The SMILES string of the molecule is C=CC(=O)Nc1cccc(N2C(=O)N(C3CC3)Cc3cnc(N=C(N=CC)OC)nc32)c1. The van der Waals surface area contributed by atoms with Crippen molar-refractivity contribution in [2.75, 3.05) is 17.3 Å². The van der Waals surface area contributed by atoms with E-state index in [2.05, 4.69) is 31.8 Å². The van der Waals surface area contributed by atoms with E-state index in [0.29, 0.717) is 23.7 Å². The Bertz CT molecular complexity index is 1120. The van der Waals surface area contributed by atoms with Crippen LogP contribution in [0.15, 0.2) is 53.1 Å². The van der Waals surface area contributed by atoms with Gasteiger partial charge in [0.1, 0.15) is 0 Å². The first kappa shape index (κ1) is 21.2. The van der Waals surface area contributed by atoms with Gasteiger partial charge in [0.15, 0.2) is 5.82 Å². The number of hydrogen-bond acceptors (Lipinski definition) is 6. The van der Waals surface area contributed by atoms with Crippen LogP contribution in [0, 0.1) is 0 Å². The molecule has 1 N–H and O–H groups in total. The fourth-order valence-electron chi connectivity index (χ4n) is 3.36. The van der Waals surface area contributed by atoms with Gasteiger partial charge in [0.05, 0.1) is 19.3 Å². The molecule has 2 aromatic rings. The summed E-state index contributed by atoms with van der Waals surface area (Å²) in [6.07, 6.45) is 6.35. The molecule has 1 saturated carbocycles. The molecule has 0 spiro atoms. The predicted molar refractivity (Wildman–Crippen MR) is 122 cm³/mol. The number of benzene rings is 1. The Hall–Kier alpha value is -4.08. The fourth-order valence-corrected chi connectivity index (χ4v) is 3.36. The number of ether oxygens (including phenoxy) is 1. The lowest BCUT2D eigenvalue weighted by Gasteiger charge is -2.36. The van der Waals surface area contributed by atoms with Crippen molar-refractivity contribution in [3.63, 3.8) is 0 Å². The van der Waals surface area contributed by atoms with Crippen molar-refractivity contribution in [1.82, 2.24) is 14.9 Å². The summed E-state index contributed by atoms with van der Waals surface area (Å²) in [6.45, 7) is 5.64. The maximum atomic E-state index is 13.5. The lowest BCUT2D eigenvalue weighted by molar-refractivity contribution is -0.111. The third kappa shape index (κ3) is 4.34. The van der Waals surface area contributed by atoms with Crippen LogP contribution in [-0.4, -0.2) is 52.2 Å². The summed E-state index contributed by atoms with van der Waals surface area (Å²) in [5.74, 6) is 0.221. The molecule has 0 atom stereocenters. The number of nitrogens with one attached hydrogen (secondary N) is 1. The Morgan fingerprint density at radius 1 is 1.38 bits per heavy atom. The first-order valence-electron chi connectivity index (χ1n) is 10.2. The second-order valence-electron chi connectivity index (χ2n) is 7.23. The zero-order valence-electron chi connectivity index (χ0n) is 17.9. The number of amidine groups is 1. The molecular formula is C22H23N7O3. The Morgan fingerprint density at radius 2 is 2.19 bits per heavy atom. The largest absolute Gasteiger partial charge is 0.467 e. The highest BCUT2D eigenvalue weighted by molar-refractivity contribution is 6.03. The van der Waals surface area contributed by atoms with Crippen LogP contribution < -0.4 is 10.2 Å². The van der Waals surface area contributed by atoms with E-state index in [9.17, 15) is 9.59 Å². The molecule has 0 bridgehead atoms. The second kappa shape index (κ2) is 8.96. The molecule has 1 aromatic heterocycles. The van der Waals surface area contributed by atoms with Gasteiger partial charge in [0.2, 0.25) is 5.91 Å². The molecule has 10 nitrogen and oxygen atoms in total. The van der Waals surface area contributed by atoms with Crippen molar-refractivity contribution in [3.8, 4) is 0 Å². The molecular weight excluding hydrogens is 410 g/mol. The second-order valence-corrected chi connectivity index (χ2v) is 7.23. The van der Waals surface area contributed by atoms with Gasteiger partial charge in [0, 0.05) is 29.7 Å². The lowest BCUT2D eigenvalue weighted by atomic mass is 10.1. The number of methoxy groups -OCH3 is 1. The van der Waals surface area contributed by atoms with Gasteiger partial charge in [-0.15, -0.1) is 0 Å². The standard InChI is InChI=1S/C22H23N7O3/c1-4-18(30)25-15-7-6-8-17(11-15)29-19-14(13-28(22(29)31)16-9-10-16)12-24-20(26-19)27-21(32-3)23-5-2/h4-8,11-12,16H,1,9-10,13H2,2-3H3,(H,25,30). The Labute approximate surface area is 185 Å². The molecule has 2 heterocycles. The average molecular weight is 433 g/mol. The summed E-state index contributed by atoms with van der Waals surface area (Å²) < 4.78 is 5.13. The molecule has 4 rings (SSSR count). The highest BCUT2D eigenvalue weighted by Crippen LogP contribution is 2.39. The molecule has 164 valence electrons. The van der Waals surface area contributed by atoms with E-state index < -0.39 is 0 Å². The van der Waals surface area contributed by atoms with Crippen molar-refractivity contribution in [2.24, 2.45) is 9.98 Å². The molecule has 2 aliphatic rings. The van der Waals surface area contributed by atoms with Gasteiger partial charge < -0.3 is 15.0 Å². The highest BCUT2D eigenvalue weighted by Gasteiger charge is 2.41. The van der Waals surface area contributed by atoms with Crippen molar-refractivity contribution in [1.29, 1.82) is 0 Å². The van der Waals surface area contributed by atoms with E-state index in [0.717, 1.165) is 18.4 Å². The number of nitrogens with zero attached hydrogens (tertiary/aromatic N) is 6. The van der Waals surface area contributed by atoms with Gasteiger partial charge in [-0.3, -0.25) is 4.79 Å². The summed E-state index contributed by atoms with van der Waals surface area (Å²) >= 11 is 0. The summed E-state index contributed by atoms with van der Waals surface area (Å²) in [4.78, 5) is 45.6. The number of fused-ring (bicyclic) bond motifs is 1. The maximum Gasteiger partial charge on any atom is 0.330 e. The number of aromatic nitrogens is 2. The first-order valence-corrected chi connectivity index (χ1v) is 10.2. The van der Waals surface area contributed by atoms with Crippen molar-refractivity contribution in [2.45, 2.75) is 32.4 Å². The van der Waals surface area contributed by atoms with Crippen LogP contribution in [0.3, 0.4) is 0 Å². The normalized spacial score (nSPS) is 16.2. The van der Waals surface area contributed by atoms with Crippen molar-refractivity contribution < 1.29 is 14.3 Å². The van der Waals surface area contributed by atoms with Crippen LogP contribution in [0.2, 0.25) is 0 Å². The van der Waals surface area contributed by atoms with Gasteiger partial charge in [-0.05, 0) is 44.0 Å².